The number of carbonyl (C=O) groups excluding carboxylic acids is 5. The van der Waals surface area contributed by atoms with Gasteiger partial charge in [0.05, 0.1) is 6.61 Å². The monoisotopic (exact) mass is 476 g/mol. The van der Waals surface area contributed by atoms with Crippen molar-refractivity contribution in [3.63, 3.8) is 0 Å². The molecule has 13 nitrogen and oxygen atoms in total. The first-order valence-corrected chi connectivity index (χ1v) is 10.2. The molecule has 0 spiro atoms. The molecule has 0 aromatic carbocycles. The number of carbonyl (C=O) groups is 5. The second-order valence-corrected chi connectivity index (χ2v) is 7.42. The third kappa shape index (κ3) is 8.59. The van der Waals surface area contributed by atoms with E-state index in [1.807, 2.05) is 0 Å². The summed E-state index contributed by atoms with van der Waals surface area (Å²) in [7, 11) is 0. The predicted octanol–water partition coefficient (Wildman–Crippen LogP) is -0.583. The molecule has 0 aromatic rings. The number of ether oxygens (including phenoxy) is 8. The molecule has 0 radical (unpaired) electrons. The van der Waals surface area contributed by atoms with Gasteiger partial charge in [0.1, 0.15) is 31.5 Å². The van der Waals surface area contributed by atoms with Gasteiger partial charge in [0.15, 0.2) is 24.6 Å². The summed E-state index contributed by atoms with van der Waals surface area (Å²) in [5, 5.41) is 0. The van der Waals surface area contributed by atoms with Crippen LogP contribution in [0.3, 0.4) is 0 Å². The zero-order valence-corrected chi connectivity index (χ0v) is 19.0. The molecule has 0 unspecified atom stereocenters. The SMILES string of the molecule is CC(=O)OC[C@H]1O[C@H](OC[C@@H]2O[C@@H]2COC(C)=O)[C@H](OC(C)=O)[C@@H](OC(C)=O)[C@@H]1OC(C)=O. The molecule has 186 valence electrons. The Morgan fingerprint density at radius 1 is 0.545 bits per heavy atom. The molecular formula is C20H28O13. The lowest BCUT2D eigenvalue weighted by Gasteiger charge is -2.44. The van der Waals surface area contributed by atoms with Crippen LogP contribution in [0.5, 0.6) is 0 Å². The molecule has 33 heavy (non-hydrogen) atoms. The summed E-state index contributed by atoms with van der Waals surface area (Å²) in [5.41, 5.74) is 0. The summed E-state index contributed by atoms with van der Waals surface area (Å²) < 4.78 is 42.6. The molecule has 0 N–H and O–H groups in total. The maximum absolute atomic E-state index is 11.8. The number of hydrogen-bond acceptors (Lipinski definition) is 13. The van der Waals surface area contributed by atoms with E-state index in [-0.39, 0.29) is 25.9 Å². The summed E-state index contributed by atoms with van der Waals surface area (Å²) in [6.45, 7) is 5.48. The minimum Gasteiger partial charge on any atom is -0.463 e. The predicted molar refractivity (Wildman–Crippen MR) is 103 cm³/mol. The number of esters is 5. The Hall–Kier alpha value is -2.77. The van der Waals surface area contributed by atoms with Gasteiger partial charge in [-0.25, -0.2) is 0 Å². The van der Waals surface area contributed by atoms with Crippen LogP contribution in [0.4, 0.5) is 0 Å². The van der Waals surface area contributed by atoms with Crippen LogP contribution in [0.1, 0.15) is 34.6 Å². The first kappa shape index (κ1) is 26.5. The van der Waals surface area contributed by atoms with Crippen LogP contribution in [0.25, 0.3) is 0 Å². The molecule has 2 fully saturated rings. The molecule has 0 aliphatic carbocycles. The van der Waals surface area contributed by atoms with E-state index in [9.17, 15) is 24.0 Å². The summed E-state index contributed by atoms with van der Waals surface area (Å²) >= 11 is 0. The molecule has 0 aromatic heterocycles. The fraction of sp³-hybridized carbons (Fsp3) is 0.750. The van der Waals surface area contributed by atoms with Crippen molar-refractivity contribution >= 4 is 29.8 Å². The lowest BCUT2D eigenvalue weighted by Crippen LogP contribution is -2.63. The Balaban J connectivity index is 2.20. The van der Waals surface area contributed by atoms with Crippen molar-refractivity contribution in [1.82, 2.24) is 0 Å². The molecule has 0 saturated carbocycles. The van der Waals surface area contributed by atoms with Crippen LogP contribution in [0, 0.1) is 0 Å². The molecule has 13 heteroatoms. The fourth-order valence-corrected chi connectivity index (χ4v) is 3.18. The van der Waals surface area contributed by atoms with E-state index < -0.39 is 66.7 Å². The van der Waals surface area contributed by atoms with Gasteiger partial charge in [-0.15, -0.1) is 0 Å². The largest absolute Gasteiger partial charge is 0.463 e. The number of epoxide rings is 1. The average Bonchev–Trinajstić information content (AvgIpc) is 3.44. The van der Waals surface area contributed by atoms with Crippen molar-refractivity contribution in [2.75, 3.05) is 19.8 Å². The van der Waals surface area contributed by atoms with E-state index in [2.05, 4.69) is 0 Å². The lowest BCUT2D eigenvalue weighted by atomic mass is 9.98. The highest BCUT2D eigenvalue weighted by Crippen LogP contribution is 2.31. The van der Waals surface area contributed by atoms with E-state index in [4.69, 9.17) is 37.9 Å². The van der Waals surface area contributed by atoms with Crippen molar-refractivity contribution in [2.24, 2.45) is 0 Å². The highest BCUT2D eigenvalue weighted by Gasteiger charge is 2.53. The smallest absolute Gasteiger partial charge is 0.303 e. The van der Waals surface area contributed by atoms with Crippen molar-refractivity contribution in [3.8, 4) is 0 Å². The van der Waals surface area contributed by atoms with Crippen LogP contribution in [-0.2, 0) is 61.9 Å². The maximum Gasteiger partial charge on any atom is 0.303 e. The Morgan fingerprint density at radius 3 is 1.52 bits per heavy atom. The first-order valence-electron chi connectivity index (χ1n) is 10.2. The second-order valence-electron chi connectivity index (χ2n) is 7.42. The van der Waals surface area contributed by atoms with Crippen LogP contribution >= 0.6 is 0 Å². The van der Waals surface area contributed by atoms with Gasteiger partial charge in [0.2, 0.25) is 0 Å². The van der Waals surface area contributed by atoms with E-state index >= 15 is 0 Å². The molecule has 2 saturated heterocycles. The third-order valence-corrected chi connectivity index (χ3v) is 4.51. The van der Waals surface area contributed by atoms with Crippen molar-refractivity contribution < 1.29 is 61.9 Å². The summed E-state index contributed by atoms with van der Waals surface area (Å²) in [5.74, 6) is -3.28. The third-order valence-electron chi connectivity index (χ3n) is 4.51. The number of hydrogen-bond donors (Lipinski definition) is 0. The van der Waals surface area contributed by atoms with Crippen LogP contribution in [0.15, 0.2) is 0 Å². The van der Waals surface area contributed by atoms with Crippen molar-refractivity contribution in [2.45, 2.75) is 77.5 Å². The van der Waals surface area contributed by atoms with Crippen LogP contribution in [0.2, 0.25) is 0 Å². The molecule has 7 atom stereocenters. The van der Waals surface area contributed by atoms with Gasteiger partial charge < -0.3 is 37.9 Å². The lowest BCUT2D eigenvalue weighted by molar-refractivity contribution is -0.308. The topological polar surface area (TPSA) is 162 Å². The van der Waals surface area contributed by atoms with Gasteiger partial charge in [-0.3, -0.25) is 24.0 Å². The second kappa shape index (κ2) is 11.9. The van der Waals surface area contributed by atoms with Gasteiger partial charge in [-0.1, -0.05) is 0 Å². The molecule has 2 heterocycles. The van der Waals surface area contributed by atoms with Gasteiger partial charge in [0.25, 0.3) is 0 Å². The highest BCUT2D eigenvalue weighted by atomic mass is 16.7. The van der Waals surface area contributed by atoms with Gasteiger partial charge in [-0.2, -0.15) is 0 Å². The van der Waals surface area contributed by atoms with Gasteiger partial charge >= 0.3 is 29.8 Å². The Kier molecular flexibility index (Phi) is 9.56. The minimum absolute atomic E-state index is 0.0420. The van der Waals surface area contributed by atoms with Crippen molar-refractivity contribution in [3.05, 3.63) is 0 Å². The maximum atomic E-state index is 11.8. The molecule has 2 aliphatic heterocycles. The van der Waals surface area contributed by atoms with Crippen LogP contribution < -0.4 is 0 Å². The van der Waals surface area contributed by atoms with Gasteiger partial charge in [0, 0.05) is 34.6 Å². The fourth-order valence-electron chi connectivity index (χ4n) is 3.18. The Labute approximate surface area is 189 Å². The van der Waals surface area contributed by atoms with Gasteiger partial charge in [-0.05, 0) is 0 Å². The Morgan fingerprint density at radius 2 is 1.00 bits per heavy atom. The zero-order chi connectivity index (χ0) is 24.7. The van der Waals surface area contributed by atoms with E-state index in [0.717, 1.165) is 20.8 Å². The zero-order valence-electron chi connectivity index (χ0n) is 19.0. The summed E-state index contributed by atoms with van der Waals surface area (Å²) in [6.07, 6.45) is -7.07. The van der Waals surface area contributed by atoms with E-state index in [0.29, 0.717) is 0 Å². The molecule has 2 rings (SSSR count). The molecule has 0 bridgehead atoms. The average molecular weight is 476 g/mol. The standard InChI is InChI=1S/C20H28O13/c1-9(21)26-6-14-15(32-14)7-28-20-19(31-13(5)25)18(30-12(4)24)17(29-11(3)23)16(33-20)8-27-10(2)22/h14-20H,6-8H2,1-5H3/t14-,15+,16-,17-,18+,19-,20+/m1/s1. The first-order chi connectivity index (χ1) is 15.5. The van der Waals surface area contributed by atoms with E-state index in [1.165, 1.54) is 13.8 Å². The minimum atomic E-state index is -1.31. The Bertz CT molecular complexity index is 750. The molecule has 0 amide bonds. The molecule has 2 aliphatic rings. The summed E-state index contributed by atoms with van der Waals surface area (Å²) in [6, 6.07) is 0. The summed E-state index contributed by atoms with van der Waals surface area (Å²) in [4.78, 5) is 57.4. The van der Waals surface area contributed by atoms with E-state index in [1.54, 1.807) is 0 Å². The normalized spacial score (nSPS) is 30.5. The number of rotatable bonds is 10. The van der Waals surface area contributed by atoms with Crippen LogP contribution in [-0.4, -0.2) is 92.6 Å². The molecular weight excluding hydrogens is 448 g/mol. The van der Waals surface area contributed by atoms with Crippen molar-refractivity contribution in [1.29, 1.82) is 0 Å². The highest BCUT2D eigenvalue weighted by molar-refractivity contribution is 5.68. The quantitative estimate of drug-likeness (QED) is 0.224.